The Labute approximate surface area is 154 Å². The van der Waals surface area contributed by atoms with Gasteiger partial charge >= 0.3 is 0 Å². The molecule has 0 unspecified atom stereocenters. The largest absolute Gasteiger partial charge is 0.454 e. The van der Waals surface area contributed by atoms with Gasteiger partial charge in [-0.1, -0.05) is 12.1 Å². The van der Waals surface area contributed by atoms with Crippen LogP contribution in [0.5, 0.6) is 11.5 Å². The first-order valence-electron chi connectivity index (χ1n) is 8.57. The summed E-state index contributed by atoms with van der Waals surface area (Å²) >= 11 is 0. The molecule has 27 heavy (non-hydrogen) atoms. The van der Waals surface area contributed by atoms with E-state index >= 15 is 0 Å². The number of ether oxygens (including phenoxy) is 2. The number of rotatable bonds is 1. The molecule has 5 rings (SSSR count). The van der Waals surface area contributed by atoms with Gasteiger partial charge in [0.15, 0.2) is 11.5 Å². The van der Waals surface area contributed by atoms with Crippen molar-refractivity contribution < 1.29 is 13.9 Å². The molecule has 0 radical (unpaired) electrons. The first kappa shape index (κ1) is 15.6. The molecule has 5 nitrogen and oxygen atoms in total. The van der Waals surface area contributed by atoms with Crippen LogP contribution < -0.4 is 15.0 Å². The number of pyridine rings is 1. The molecule has 0 bridgehead atoms. The van der Waals surface area contributed by atoms with Gasteiger partial charge in [0.05, 0.1) is 5.69 Å². The number of hydrogen-bond donors (Lipinski definition) is 1. The predicted molar refractivity (Wildman–Crippen MR) is 95.7 cm³/mol. The highest BCUT2D eigenvalue weighted by atomic mass is 19.1. The van der Waals surface area contributed by atoms with Gasteiger partial charge in [0.2, 0.25) is 6.79 Å². The highest BCUT2D eigenvalue weighted by Gasteiger charge is 2.24. The maximum absolute atomic E-state index is 13.3. The quantitative estimate of drug-likeness (QED) is 0.722. The highest BCUT2D eigenvalue weighted by Crippen LogP contribution is 2.41. The van der Waals surface area contributed by atoms with Crippen molar-refractivity contribution in [2.24, 2.45) is 0 Å². The second kappa shape index (κ2) is 5.71. The van der Waals surface area contributed by atoms with Crippen LogP contribution in [-0.4, -0.2) is 11.4 Å². The lowest BCUT2D eigenvalue weighted by molar-refractivity contribution is 0.174. The summed E-state index contributed by atoms with van der Waals surface area (Å²) in [7, 11) is 0. The normalized spacial score (nSPS) is 13.6. The number of benzene rings is 2. The minimum atomic E-state index is -0.339. The molecule has 3 heterocycles. The molecule has 0 aliphatic carbocycles. The molecule has 1 aromatic heterocycles. The highest BCUT2D eigenvalue weighted by molar-refractivity contribution is 5.78. The molecular formula is C21H14FN3O2. The van der Waals surface area contributed by atoms with Gasteiger partial charge in [0, 0.05) is 17.7 Å². The fourth-order valence-corrected chi connectivity index (χ4v) is 3.76. The van der Waals surface area contributed by atoms with Crippen LogP contribution in [0.2, 0.25) is 0 Å². The Hall–Kier alpha value is -3.59. The fourth-order valence-electron chi connectivity index (χ4n) is 3.76. The molecule has 0 amide bonds. The third kappa shape index (κ3) is 2.32. The number of nitrogens with zero attached hydrogens (tertiary/aromatic N) is 2. The van der Waals surface area contributed by atoms with E-state index in [4.69, 9.17) is 14.9 Å². The van der Waals surface area contributed by atoms with Crippen molar-refractivity contribution in [2.45, 2.75) is 13.0 Å². The van der Waals surface area contributed by atoms with Crippen LogP contribution in [0.4, 0.5) is 4.39 Å². The summed E-state index contributed by atoms with van der Waals surface area (Å²) in [5, 5.41) is 18.2. The van der Waals surface area contributed by atoms with E-state index in [-0.39, 0.29) is 23.7 Å². The van der Waals surface area contributed by atoms with E-state index in [1.165, 1.54) is 12.1 Å². The Bertz CT molecular complexity index is 1190. The van der Waals surface area contributed by atoms with Gasteiger partial charge in [0.25, 0.3) is 0 Å². The summed E-state index contributed by atoms with van der Waals surface area (Å²) in [5.74, 6) is 1.08. The molecule has 0 spiro atoms. The van der Waals surface area contributed by atoms with Gasteiger partial charge in [-0.2, -0.15) is 5.26 Å². The van der Waals surface area contributed by atoms with Crippen LogP contribution in [0.15, 0.2) is 42.5 Å². The van der Waals surface area contributed by atoms with E-state index in [0.717, 1.165) is 29.0 Å². The van der Waals surface area contributed by atoms with E-state index < -0.39 is 0 Å². The maximum Gasteiger partial charge on any atom is 0.231 e. The number of nitriles is 1. The maximum atomic E-state index is 13.3. The summed E-state index contributed by atoms with van der Waals surface area (Å²) in [6.07, 6.45) is 0.746. The SMILES string of the molecule is N#Cc1c(-c2ccc(F)cc2)cc2n(c1=N)CCc1cc3c(cc1-2)OCO3. The number of aromatic nitrogens is 1. The van der Waals surface area contributed by atoms with Crippen LogP contribution in [0.25, 0.3) is 22.4 Å². The molecule has 0 saturated heterocycles. The van der Waals surface area contributed by atoms with Gasteiger partial charge < -0.3 is 14.0 Å². The second-order valence-corrected chi connectivity index (χ2v) is 6.55. The first-order valence-corrected chi connectivity index (χ1v) is 8.57. The number of aryl methyl sites for hydroxylation is 1. The Balaban J connectivity index is 1.79. The number of hydrogen-bond acceptors (Lipinski definition) is 4. The van der Waals surface area contributed by atoms with E-state index in [1.807, 2.05) is 22.8 Å². The third-order valence-corrected chi connectivity index (χ3v) is 5.09. The average Bonchev–Trinajstić information content (AvgIpc) is 3.14. The van der Waals surface area contributed by atoms with Crippen LogP contribution >= 0.6 is 0 Å². The Morgan fingerprint density at radius 2 is 1.78 bits per heavy atom. The monoisotopic (exact) mass is 359 g/mol. The molecule has 0 fully saturated rings. The Morgan fingerprint density at radius 3 is 2.52 bits per heavy atom. The van der Waals surface area contributed by atoms with E-state index in [1.54, 1.807) is 12.1 Å². The van der Waals surface area contributed by atoms with Gasteiger partial charge in [-0.15, -0.1) is 0 Å². The first-order chi connectivity index (χ1) is 13.2. The zero-order valence-corrected chi connectivity index (χ0v) is 14.3. The number of fused-ring (bicyclic) bond motifs is 4. The van der Waals surface area contributed by atoms with Gasteiger partial charge in [-0.3, -0.25) is 5.41 Å². The Morgan fingerprint density at radius 1 is 1.04 bits per heavy atom. The molecule has 0 saturated carbocycles. The summed E-state index contributed by atoms with van der Waals surface area (Å²) in [6.45, 7) is 0.815. The third-order valence-electron chi connectivity index (χ3n) is 5.09. The number of nitrogens with one attached hydrogen (secondary N) is 1. The van der Waals surface area contributed by atoms with Crippen molar-refractivity contribution in [3.8, 4) is 40.0 Å². The molecular weight excluding hydrogens is 345 g/mol. The van der Waals surface area contributed by atoms with Crippen molar-refractivity contribution in [3.63, 3.8) is 0 Å². The zero-order valence-electron chi connectivity index (χ0n) is 14.3. The van der Waals surface area contributed by atoms with Crippen molar-refractivity contribution in [2.75, 3.05) is 6.79 Å². The van der Waals surface area contributed by atoms with Crippen molar-refractivity contribution in [3.05, 3.63) is 64.9 Å². The second-order valence-electron chi connectivity index (χ2n) is 6.55. The Kier molecular flexibility index (Phi) is 3.31. The van der Waals surface area contributed by atoms with E-state index in [0.29, 0.717) is 23.4 Å². The van der Waals surface area contributed by atoms with Crippen LogP contribution in [0.1, 0.15) is 11.1 Å². The van der Waals surface area contributed by atoms with E-state index in [2.05, 4.69) is 6.07 Å². The predicted octanol–water partition coefficient (Wildman–Crippen LogP) is 3.60. The minimum absolute atomic E-state index is 0.164. The molecule has 2 aliphatic rings. The summed E-state index contributed by atoms with van der Waals surface area (Å²) in [5.41, 5.74) is 4.71. The van der Waals surface area contributed by atoms with Crippen LogP contribution in [-0.2, 0) is 13.0 Å². The average molecular weight is 359 g/mol. The lowest BCUT2D eigenvalue weighted by Gasteiger charge is -2.24. The van der Waals surface area contributed by atoms with Gasteiger partial charge in [-0.05, 0) is 47.9 Å². The summed E-state index contributed by atoms with van der Waals surface area (Å²) in [4.78, 5) is 0. The molecule has 2 aliphatic heterocycles. The molecule has 0 atom stereocenters. The number of halogens is 1. The topological polar surface area (TPSA) is 71.0 Å². The molecule has 6 heteroatoms. The summed E-state index contributed by atoms with van der Waals surface area (Å²) in [6, 6.07) is 14.0. The van der Waals surface area contributed by atoms with Gasteiger partial charge in [-0.25, -0.2) is 4.39 Å². The minimum Gasteiger partial charge on any atom is -0.454 e. The lowest BCUT2D eigenvalue weighted by Crippen LogP contribution is -2.28. The standard InChI is InChI=1S/C21H14FN3O2/c22-14-3-1-12(2-4-14)15-8-18-16-9-20-19(26-11-27-20)7-13(16)5-6-25(18)21(24)17(15)10-23/h1-4,7-9,24H,5-6,11H2. The van der Waals surface area contributed by atoms with Crippen molar-refractivity contribution >= 4 is 0 Å². The van der Waals surface area contributed by atoms with E-state index in [9.17, 15) is 9.65 Å². The van der Waals surface area contributed by atoms with Crippen molar-refractivity contribution in [1.82, 2.24) is 4.57 Å². The molecule has 2 aromatic carbocycles. The van der Waals surface area contributed by atoms with Gasteiger partial charge in [0.1, 0.15) is 22.9 Å². The van der Waals surface area contributed by atoms with Crippen molar-refractivity contribution in [1.29, 1.82) is 10.7 Å². The lowest BCUT2D eigenvalue weighted by atomic mass is 9.92. The molecule has 132 valence electrons. The summed E-state index contributed by atoms with van der Waals surface area (Å²) < 4.78 is 26.2. The van der Waals surface area contributed by atoms with Crippen LogP contribution in [0, 0.1) is 22.6 Å². The smallest absolute Gasteiger partial charge is 0.231 e. The van der Waals surface area contributed by atoms with Crippen LogP contribution in [0.3, 0.4) is 0 Å². The fraction of sp³-hybridized carbons (Fsp3) is 0.143. The zero-order chi connectivity index (χ0) is 18.5. The molecule has 3 aromatic rings. The molecule has 1 N–H and O–H groups in total.